The Bertz CT molecular complexity index is 896. The van der Waals surface area contributed by atoms with Gasteiger partial charge in [-0.25, -0.2) is 0 Å². The quantitative estimate of drug-likeness (QED) is 0.283. The first-order valence-corrected chi connectivity index (χ1v) is 15.2. The molecule has 208 valence electrons. The molecule has 0 aliphatic heterocycles. The number of hydrogen-bond donors (Lipinski definition) is 3. The molecule has 4 heteroatoms. The summed E-state index contributed by atoms with van der Waals surface area (Å²) in [4.78, 5) is 12.9. The highest BCUT2D eigenvalue weighted by Gasteiger charge is 2.50. The third kappa shape index (κ3) is 6.50. The molecule has 37 heavy (non-hydrogen) atoms. The largest absolute Gasteiger partial charge is 0.393 e. The van der Waals surface area contributed by atoms with Gasteiger partial charge in [0.25, 0.3) is 0 Å². The van der Waals surface area contributed by atoms with Crippen LogP contribution in [0, 0.1) is 28.6 Å². The van der Waals surface area contributed by atoms with Gasteiger partial charge in [0.1, 0.15) is 5.78 Å². The standard InChI is InChI=1S/C33H52O4/c1-5-6-9-30(36)29(32(3)17-18-32)15-13-26(34)20-25-12-14-28-23(8-7-16-33(25,28)4)10-11-24-19-27(35)21-31(37)22(24)2/h10-11,25-29,31,34-35,37H,2,5-9,12-21H2,1,3-4H3/b23-10-,24-11+. The summed E-state index contributed by atoms with van der Waals surface area (Å²) in [5.41, 5.74) is 3.61. The molecule has 0 spiro atoms. The SMILES string of the molecule is C=C1/C(=C/C=C2/CCCC3(C)C(CC(O)CCC(C(=O)CCCC)C4(C)CC4)CCC23)CC(O)CC1O. The molecule has 0 aromatic rings. The summed E-state index contributed by atoms with van der Waals surface area (Å²) in [5.74, 6) is 1.61. The molecule has 7 unspecified atom stereocenters. The Balaban J connectivity index is 1.37. The lowest BCUT2D eigenvalue weighted by molar-refractivity contribution is -0.125. The molecule has 4 aliphatic carbocycles. The van der Waals surface area contributed by atoms with Crippen molar-refractivity contribution in [2.24, 2.45) is 28.6 Å². The van der Waals surface area contributed by atoms with Crippen LogP contribution >= 0.6 is 0 Å². The molecule has 4 rings (SSSR count). The van der Waals surface area contributed by atoms with Crippen LogP contribution in [0.25, 0.3) is 0 Å². The minimum atomic E-state index is -0.647. The maximum absolute atomic E-state index is 12.9. The Morgan fingerprint density at radius 3 is 2.59 bits per heavy atom. The number of ketones is 1. The summed E-state index contributed by atoms with van der Waals surface area (Å²) in [6, 6.07) is 0. The molecular formula is C33H52O4. The molecule has 0 amide bonds. The summed E-state index contributed by atoms with van der Waals surface area (Å²) >= 11 is 0. The fourth-order valence-electron chi connectivity index (χ4n) is 7.97. The summed E-state index contributed by atoms with van der Waals surface area (Å²) < 4.78 is 0. The molecule has 4 fully saturated rings. The first-order chi connectivity index (χ1) is 17.6. The number of unbranched alkanes of at least 4 members (excludes halogenated alkanes) is 1. The van der Waals surface area contributed by atoms with E-state index in [-0.39, 0.29) is 22.9 Å². The molecule has 3 N–H and O–H groups in total. The van der Waals surface area contributed by atoms with E-state index in [4.69, 9.17) is 0 Å². The van der Waals surface area contributed by atoms with Gasteiger partial charge in [0.2, 0.25) is 0 Å². The zero-order chi connectivity index (χ0) is 26.8. The molecule has 7 atom stereocenters. The van der Waals surface area contributed by atoms with E-state index in [0.717, 1.165) is 68.9 Å². The number of aliphatic hydroxyl groups excluding tert-OH is 3. The molecule has 4 nitrogen and oxygen atoms in total. The fourth-order valence-corrected chi connectivity index (χ4v) is 7.97. The van der Waals surface area contributed by atoms with E-state index in [0.29, 0.717) is 36.9 Å². The Hall–Kier alpha value is -1.23. The van der Waals surface area contributed by atoms with E-state index < -0.39 is 12.2 Å². The minimum absolute atomic E-state index is 0.129. The summed E-state index contributed by atoms with van der Waals surface area (Å²) in [7, 11) is 0. The van der Waals surface area contributed by atoms with E-state index in [1.165, 1.54) is 24.8 Å². The van der Waals surface area contributed by atoms with Gasteiger partial charge in [-0.3, -0.25) is 4.79 Å². The Morgan fingerprint density at radius 2 is 1.89 bits per heavy atom. The Kier molecular flexibility index (Phi) is 9.24. The van der Waals surface area contributed by atoms with E-state index in [9.17, 15) is 20.1 Å². The van der Waals surface area contributed by atoms with Crippen molar-refractivity contribution in [3.63, 3.8) is 0 Å². The molecule has 0 heterocycles. The molecule has 0 radical (unpaired) electrons. The highest BCUT2D eigenvalue weighted by molar-refractivity contribution is 5.82. The van der Waals surface area contributed by atoms with Crippen molar-refractivity contribution in [1.82, 2.24) is 0 Å². The van der Waals surface area contributed by atoms with Gasteiger partial charge in [0, 0.05) is 18.8 Å². The van der Waals surface area contributed by atoms with Gasteiger partial charge in [0.05, 0.1) is 18.3 Å². The molecule has 0 saturated heterocycles. The van der Waals surface area contributed by atoms with Crippen LogP contribution < -0.4 is 0 Å². The van der Waals surface area contributed by atoms with Crippen LogP contribution in [0.4, 0.5) is 0 Å². The zero-order valence-electron chi connectivity index (χ0n) is 23.7. The first-order valence-electron chi connectivity index (χ1n) is 15.2. The maximum Gasteiger partial charge on any atom is 0.136 e. The number of carbonyl (C=O) groups excluding carboxylic acids is 1. The van der Waals surface area contributed by atoms with Gasteiger partial charge in [-0.2, -0.15) is 0 Å². The lowest BCUT2D eigenvalue weighted by Crippen LogP contribution is -2.35. The number of aliphatic hydroxyl groups is 3. The fraction of sp³-hybridized carbons (Fsp3) is 0.788. The van der Waals surface area contributed by atoms with Crippen molar-refractivity contribution in [3.8, 4) is 0 Å². The zero-order valence-corrected chi connectivity index (χ0v) is 23.7. The van der Waals surface area contributed by atoms with Gasteiger partial charge in [0.15, 0.2) is 0 Å². The van der Waals surface area contributed by atoms with Crippen LogP contribution in [-0.4, -0.2) is 39.4 Å². The number of hydrogen-bond acceptors (Lipinski definition) is 4. The van der Waals surface area contributed by atoms with Crippen LogP contribution in [0.1, 0.15) is 117 Å². The predicted octanol–water partition coefficient (Wildman–Crippen LogP) is 6.83. The summed E-state index contributed by atoms with van der Waals surface area (Å²) in [5, 5.41) is 31.4. The van der Waals surface area contributed by atoms with Crippen LogP contribution in [0.3, 0.4) is 0 Å². The lowest BCUT2D eigenvalue weighted by atomic mass is 9.62. The molecule has 0 aromatic heterocycles. The van der Waals surface area contributed by atoms with Crippen molar-refractivity contribution in [1.29, 1.82) is 0 Å². The topological polar surface area (TPSA) is 77.8 Å². The van der Waals surface area contributed by atoms with Crippen LogP contribution in [0.15, 0.2) is 35.5 Å². The summed E-state index contributed by atoms with van der Waals surface area (Å²) in [6.45, 7) is 10.9. The second-order valence-corrected chi connectivity index (χ2v) is 13.5. The van der Waals surface area contributed by atoms with Gasteiger partial charge in [-0.05, 0) is 111 Å². The Labute approximate surface area is 225 Å². The van der Waals surface area contributed by atoms with Crippen molar-refractivity contribution >= 4 is 5.78 Å². The van der Waals surface area contributed by atoms with Gasteiger partial charge in [-0.15, -0.1) is 0 Å². The Morgan fingerprint density at radius 1 is 1.14 bits per heavy atom. The smallest absolute Gasteiger partial charge is 0.136 e. The number of rotatable bonds is 11. The minimum Gasteiger partial charge on any atom is -0.393 e. The monoisotopic (exact) mass is 512 g/mol. The highest BCUT2D eigenvalue weighted by Crippen LogP contribution is 2.59. The highest BCUT2D eigenvalue weighted by atomic mass is 16.3. The third-order valence-electron chi connectivity index (χ3n) is 10.8. The van der Waals surface area contributed by atoms with E-state index in [1.54, 1.807) is 0 Å². The number of allylic oxidation sites excluding steroid dienone is 3. The van der Waals surface area contributed by atoms with Crippen molar-refractivity contribution < 1.29 is 20.1 Å². The summed E-state index contributed by atoms with van der Waals surface area (Å²) in [6.07, 6.45) is 17.2. The van der Waals surface area contributed by atoms with Gasteiger partial charge < -0.3 is 15.3 Å². The van der Waals surface area contributed by atoms with Crippen LogP contribution in [0.2, 0.25) is 0 Å². The predicted molar refractivity (Wildman–Crippen MR) is 150 cm³/mol. The van der Waals surface area contributed by atoms with Crippen LogP contribution in [-0.2, 0) is 4.79 Å². The first kappa shape index (κ1) is 28.8. The average molecular weight is 513 g/mol. The van der Waals surface area contributed by atoms with E-state index in [2.05, 4.69) is 39.5 Å². The number of carbonyl (C=O) groups is 1. The average Bonchev–Trinajstić information content (AvgIpc) is 3.51. The number of fused-ring (bicyclic) bond motifs is 1. The third-order valence-corrected chi connectivity index (χ3v) is 10.8. The normalized spacial score (nSPS) is 37.0. The molecule has 0 aromatic carbocycles. The number of Topliss-reactive ketones (excluding diaryl/α,β-unsaturated/α-hetero) is 1. The molecular weight excluding hydrogens is 460 g/mol. The van der Waals surface area contributed by atoms with Gasteiger partial charge >= 0.3 is 0 Å². The lowest BCUT2D eigenvalue weighted by Gasteiger charge is -2.43. The molecule has 4 saturated carbocycles. The van der Waals surface area contributed by atoms with Crippen molar-refractivity contribution in [2.45, 2.75) is 135 Å². The van der Waals surface area contributed by atoms with E-state index in [1.807, 2.05) is 0 Å². The van der Waals surface area contributed by atoms with E-state index >= 15 is 0 Å². The van der Waals surface area contributed by atoms with Crippen LogP contribution in [0.5, 0.6) is 0 Å². The maximum atomic E-state index is 12.9. The second kappa shape index (κ2) is 11.9. The van der Waals surface area contributed by atoms with Gasteiger partial charge in [-0.1, -0.05) is 51.5 Å². The molecule has 0 bridgehead atoms. The van der Waals surface area contributed by atoms with Crippen molar-refractivity contribution in [3.05, 3.63) is 35.5 Å². The van der Waals surface area contributed by atoms with Crippen molar-refractivity contribution in [2.75, 3.05) is 0 Å². The second-order valence-electron chi connectivity index (χ2n) is 13.5. The molecule has 4 aliphatic rings.